The van der Waals surface area contributed by atoms with E-state index in [4.69, 9.17) is 0 Å². The lowest BCUT2D eigenvalue weighted by Gasteiger charge is -2.04. The fraction of sp³-hybridized carbons (Fsp3) is 0.286. The summed E-state index contributed by atoms with van der Waals surface area (Å²) in [7, 11) is 0. The SMILES string of the molecule is CSC1=C(c2ccc(C)cc2)SC(=C2SCCS2)S1. The quantitative estimate of drug-likeness (QED) is 0.637. The van der Waals surface area contributed by atoms with Gasteiger partial charge in [-0.1, -0.05) is 53.4 Å². The zero-order valence-electron chi connectivity index (χ0n) is 10.8. The van der Waals surface area contributed by atoms with Crippen molar-refractivity contribution in [3.63, 3.8) is 0 Å². The molecule has 3 rings (SSSR count). The van der Waals surface area contributed by atoms with Gasteiger partial charge in [0.2, 0.25) is 0 Å². The van der Waals surface area contributed by atoms with Crippen LogP contribution in [0.25, 0.3) is 4.91 Å². The van der Waals surface area contributed by atoms with E-state index in [2.05, 4.69) is 37.4 Å². The Labute approximate surface area is 136 Å². The molecule has 19 heavy (non-hydrogen) atoms. The number of hydrogen-bond acceptors (Lipinski definition) is 5. The van der Waals surface area contributed by atoms with Crippen LogP contribution in [0.15, 0.2) is 37.0 Å². The largest absolute Gasteiger partial charge is 0.121 e. The summed E-state index contributed by atoms with van der Waals surface area (Å²) in [6, 6.07) is 8.90. The van der Waals surface area contributed by atoms with E-state index in [1.54, 1.807) is 0 Å². The highest BCUT2D eigenvalue weighted by Gasteiger charge is 2.26. The van der Waals surface area contributed by atoms with Crippen molar-refractivity contribution < 1.29 is 0 Å². The Morgan fingerprint density at radius 2 is 1.63 bits per heavy atom. The molecule has 0 saturated carbocycles. The van der Waals surface area contributed by atoms with Crippen molar-refractivity contribution in [3.8, 4) is 0 Å². The number of rotatable bonds is 2. The molecule has 0 aliphatic carbocycles. The zero-order chi connectivity index (χ0) is 13.2. The minimum Gasteiger partial charge on any atom is -0.121 e. The van der Waals surface area contributed by atoms with Gasteiger partial charge in [-0.3, -0.25) is 0 Å². The number of thioether (sulfide) groups is 5. The Morgan fingerprint density at radius 1 is 0.947 bits per heavy atom. The molecule has 0 nitrogen and oxygen atoms in total. The van der Waals surface area contributed by atoms with Gasteiger partial charge in [-0.25, -0.2) is 0 Å². The molecule has 0 N–H and O–H groups in total. The van der Waals surface area contributed by atoms with Crippen LogP contribution in [0, 0.1) is 6.92 Å². The van der Waals surface area contributed by atoms with Crippen LogP contribution >= 0.6 is 58.8 Å². The van der Waals surface area contributed by atoms with Gasteiger partial charge in [0, 0.05) is 16.4 Å². The molecule has 0 atom stereocenters. The summed E-state index contributed by atoms with van der Waals surface area (Å²) < 4.78 is 4.47. The minimum absolute atomic E-state index is 1.26. The predicted octanol–water partition coefficient (Wildman–Crippen LogP) is 6.07. The van der Waals surface area contributed by atoms with Gasteiger partial charge >= 0.3 is 0 Å². The molecule has 0 radical (unpaired) electrons. The molecule has 0 unspecified atom stereocenters. The Hall–Kier alpha value is 0.450. The summed E-state index contributed by atoms with van der Waals surface area (Å²) in [6.45, 7) is 2.14. The van der Waals surface area contributed by atoms with Crippen LogP contribution in [-0.4, -0.2) is 17.8 Å². The number of benzene rings is 1. The standard InChI is InChI=1S/C14H14S5/c1-9-3-5-10(6-4-9)11-12(15-2)19-14(18-11)13-16-7-8-17-13/h3-6H,7-8H2,1-2H3. The van der Waals surface area contributed by atoms with Gasteiger partial charge in [-0.2, -0.15) is 0 Å². The molecule has 1 aromatic rings. The first-order valence-corrected chi connectivity index (χ1v) is 10.8. The van der Waals surface area contributed by atoms with Crippen molar-refractivity contribution in [2.75, 3.05) is 17.8 Å². The van der Waals surface area contributed by atoms with E-state index in [-0.39, 0.29) is 0 Å². The van der Waals surface area contributed by atoms with Gasteiger partial charge in [0.05, 0.1) is 12.7 Å². The number of hydrogen-bond donors (Lipinski definition) is 0. The third-order valence-electron chi connectivity index (χ3n) is 2.78. The second-order valence-electron chi connectivity index (χ2n) is 4.16. The van der Waals surface area contributed by atoms with Gasteiger partial charge in [-0.05, 0) is 18.7 Å². The smallest absolute Gasteiger partial charge is 0.0705 e. The van der Waals surface area contributed by atoms with Crippen LogP contribution in [0.4, 0.5) is 0 Å². The van der Waals surface area contributed by atoms with Gasteiger partial charge < -0.3 is 0 Å². The maximum atomic E-state index is 2.25. The van der Waals surface area contributed by atoms with Crippen molar-refractivity contribution in [1.82, 2.24) is 0 Å². The Bertz CT molecular complexity index is 533. The van der Waals surface area contributed by atoms with Crippen LogP contribution in [0.1, 0.15) is 11.1 Å². The van der Waals surface area contributed by atoms with Crippen LogP contribution in [0.2, 0.25) is 0 Å². The lowest BCUT2D eigenvalue weighted by molar-refractivity contribution is 1.46. The maximum absolute atomic E-state index is 2.25. The molecule has 0 amide bonds. The van der Waals surface area contributed by atoms with E-state index in [1.807, 2.05) is 58.8 Å². The number of aryl methyl sites for hydroxylation is 1. The van der Waals surface area contributed by atoms with Gasteiger partial charge in [0.15, 0.2) is 0 Å². The summed E-state index contributed by atoms with van der Waals surface area (Å²) >= 11 is 9.82. The van der Waals surface area contributed by atoms with E-state index in [0.717, 1.165) is 0 Å². The first kappa shape index (κ1) is 14.4. The van der Waals surface area contributed by atoms with Gasteiger partial charge in [0.1, 0.15) is 0 Å². The topological polar surface area (TPSA) is 0 Å². The highest BCUT2D eigenvalue weighted by Crippen LogP contribution is 2.61. The lowest BCUT2D eigenvalue weighted by Crippen LogP contribution is -1.79. The summed E-state index contributed by atoms with van der Waals surface area (Å²) in [5.41, 5.74) is 2.68. The van der Waals surface area contributed by atoms with E-state index in [9.17, 15) is 0 Å². The first-order valence-electron chi connectivity index (χ1n) is 5.99. The fourth-order valence-electron chi connectivity index (χ4n) is 1.81. The highest BCUT2D eigenvalue weighted by molar-refractivity contribution is 8.39. The van der Waals surface area contributed by atoms with Crippen molar-refractivity contribution in [2.24, 2.45) is 0 Å². The Balaban J connectivity index is 1.91. The molecule has 5 heteroatoms. The maximum Gasteiger partial charge on any atom is 0.0705 e. The lowest BCUT2D eigenvalue weighted by atomic mass is 10.1. The molecule has 100 valence electrons. The average molecular weight is 343 g/mol. The third-order valence-corrected chi connectivity index (χ3v) is 9.91. The molecule has 2 aliphatic rings. The highest BCUT2D eigenvalue weighted by atomic mass is 32.2. The molecule has 0 aromatic heterocycles. The minimum atomic E-state index is 1.26. The second kappa shape index (κ2) is 6.48. The molecule has 2 aliphatic heterocycles. The van der Waals surface area contributed by atoms with Crippen molar-refractivity contribution >= 4 is 63.7 Å². The van der Waals surface area contributed by atoms with Crippen LogP contribution in [-0.2, 0) is 0 Å². The van der Waals surface area contributed by atoms with Crippen molar-refractivity contribution in [3.05, 3.63) is 48.1 Å². The monoisotopic (exact) mass is 342 g/mol. The van der Waals surface area contributed by atoms with E-state index in [1.165, 1.54) is 40.2 Å². The first-order chi connectivity index (χ1) is 9.28. The third kappa shape index (κ3) is 3.21. The van der Waals surface area contributed by atoms with Crippen LogP contribution in [0.3, 0.4) is 0 Å². The van der Waals surface area contributed by atoms with Crippen molar-refractivity contribution in [2.45, 2.75) is 6.92 Å². The second-order valence-corrected chi connectivity index (χ2v) is 10.0. The van der Waals surface area contributed by atoms with E-state index < -0.39 is 0 Å². The average Bonchev–Trinajstić information content (AvgIpc) is 3.08. The predicted molar refractivity (Wildman–Crippen MR) is 98.7 cm³/mol. The summed E-state index contributed by atoms with van der Waals surface area (Å²) in [5, 5.41) is 0. The normalized spacial score (nSPS) is 19.7. The van der Waals surface area contributed by atoms with Crippen LogP contribution in [0.5, 0.6) is 0 Å². The summed E-state index contributed by atoms with van der Waals surface area (Å²) in [4.78, 5) is 1.44. The summed E-state index contributed by atoms with van der Waals surface area (Å²) in [6.07, 6.45) is 2.18. The molecule has 0 bridgehead atoms. The van der Waals surface area contributed by atoms with Gasteiger partial charge in [-0.15, -0.1) is 35.3 Å². The molecule has 1 aromatic carbocycles. The van der Waals surface area contributed by atoms with Gasteiger partial charge in [0.25, 0.3) is 0 Å². The summed E-state index contributed by atoms with van der Waals surface area (Å²) in [5.74, 6) is 2.53. The molecule has 1 saturated heterocycles. The molecular weight excluding hydrogens is 328 g/mol. The zero-order valence-corrected chi connectivity index (χ0v) is 14.8. The molecule has 0 spiro atoms. The Kier molecular flexibility index (Phi) is 4.91. The molecular formula is C14H14S5. The van der Waals surface area contributed by atoms with E-state index >= 15 is 0 Å². The molecule has 2 heterocycles. The van der Waals surface area contributed by atoms with E-state index in [0.29, 0.717) is 0 Å². The fourth-order valence-corrected chi connectivity index (χ4v) is 8.53. The molecule has 1 fully saturated rings. The Morgan fingerprint density at radius 3 is 2.26 bits per heavy atom. The van der Waals surface area contributed by atoms with Crippen molar-refractivity contribution in [1.29, 1.82) is 0 Å². The van der Waals surface area contributed by atoms with Crippen LogP contribution < -0.4 is 0 Å².